The van der Waals surface area contributed by atoms with Crippen molar-refractivity contribution in [2.24, 2.45) is 0 Å². The van der Waals surface area contributed by atoms with Crippen molar-refractivity contribution in [1.82, 2.24) is 3.71 Å². The molecule has 0 aliphatic heterocycles. The van der Waals surface area contributed by atoms with E-state index in [1.807, 2.05) is 18.2 Å². The van der Waals surface area contributed by atoms with Crippen LogP contribution in [0.2, 0.25) is 0 Å². The number of thioether (sulfide) groups is 1. The highest BCUT2D eigenvalue weighted by Crippen LogP contribution is 2.20. The molecule has 1 rings (SSSR count). The van der Waals surface area contributed by atoms with Crippen molar-refractivity contribution in [3.05, 3.63) is 30.3 Å². The lowest BCUT2D eigenvalue weighted by Gasteiger charge is -2.08. The second-order valence-electron chi connectivity index (χ2n) is 2.90. The molecule has 1 aromatic carbocycles. The summed E-state index contributed by atoms with van der Waals surface area (Å²) < 4.78 is 0.938. The van der Waals surface area contributed by atoms with Crippen LogP contribution in [-0.2, 0) is 0 Å². The van der Waals surface area contributed by atoms with Gasteiger partial charge in [0.25, 0.3) is 0 Å². The monoisotopic (exact) mass is 275 g/mol. The Bertz CT molecular complexity index is 321. The summed E-state index contributed by atoms with van der Waals surface area (Å²) in [6, 6.07) is 10.2. The molecule has 16 heavy (non-hydrogen) atoms. The lowest BCUT2D eigenvalue weighted by atomic mass is 10.4. The number of benzene rings is 1. The first-order chi connectivity index (χ1) is 7.70. The molecule has 0 aliphatic rings. The second-order valence-corrected chi connectivity index (χ2v) is 5.77. The molecule has 3 nitrogen and oxygen atoms in total. The first-order valence-electron chi connectivity index (χ1n) is 4.73. The number of carboxylic acid groups (broad SMARTS) is 1. The highest BCUT2D eigenvalue weighted by molar-refractivity contribution is 8.06. The Kier molecular flexibility index (Phi) is 6.59. The van der Waals surface area contributed by atoms with Crippen LogP contribution in [0.5, 0.6) is 0 Å². The van der Waals surface area contributed by atoms with Crippen molar-refractivity contribution >= 4 is 42.6 Å². The largest absolute Gasteiger partial charge is 0.464 e. The van der Waals surface area contributed by atoms with Crippen LogP contribution in [0.3, 0.4) is 0 Å². The zero-order valence-electron chi connectivity index (χ0n) is 8.57. The van der Waals surface area contributed by atoms with Gasteiger partial charge in [0.15, 0.2) is 0 Å². The quantitative estimate of drug-likeness (QED) is 0.360. The fraction of sp³-hybridized carbons (Fsp3) is 0.300. The summed E-state index contributed by atoms with van der Waals surface area (Å²) in [5.41, 5.74) is 0. The summed E-state index contributed by atoms with van der Waals surface area (Å²) in [7, 11) is 0. The number of amides is 1. The van der Waals surface area contributed by atoms with E-state index in [0.29, 0.717) is 0 Å². The summed E-state index contributed by atoms with van der Waals surface area (Å²) in [4.78, 5) is 11.7. The van der Waals surface area contributed by atoms with Gasteiger partial charge < -0.3 is 5.11 Å². The van der Waals surface area contributed by atoms with Gasteiger partial charge in [-0.15, -0.1) is 11.8 Å². The third-order valence-electron chi connectivity index (χ3n) is 1.68. The minimum absolute atomic E-state index is 0.760. The van der Waals surface area contributed by atoms with Gasteiger partial charge in [-0.25, -0.2) is 4.79 Å². The predicted molar refractivity (Wildman–Crippen MR) is 73.1 cm³/mol. The Morgan fingerprint density at radius 3 is 2.62 bits per heavy atom. The maximum atomic E-state index is 10.4. The van der Waals surface area contributed by atoms with Crippen LogP contribution in [0.4, 0.5) is 4.79 Å². The molecule has 88 valence electrons. The van der Waals surface area contributed by atoms with Gasteiger partial charge in [-0.1, -0.05) is 18.2 Å². The van der Waals surface area contributed by atoms with Gasteiger partial charge in [0.05, 0.1) is 0 Å². The number of carbonyl (C=O) groups is 1. The molecule has 1 N–H and O–H groups in total. The summed E-state index contributed by atoms with van der Waals surface area (Å²) >= 11 is 6.77. The van der Waals surface area contributed by atoms with E-state index in [1.54, 1.807) is 11.8 Å². The average molecular weight is 275 g/mol. The van der Waals surface area contributed by atoms with Gasteiger partial charge in [0.2, 0.25) is 0 Å². The van der Waals surface area contributed by atoms with Crippen LogP contribution in [0.1, 0.15) is 6.42 Å². The first kappa shape index (κ1) is 13.6. The first-order valence-corrected chi connectivity index (χ1v) is 7.05. The molecule has 0 aliphatic carbocycles. The van der Waals surface area contributed by atoms with Gasteiger partial charge in [0.1, 0.15) is 0 Å². The molecule has 0 radical (unpaired) electrons. The van der Waals surface area contributed by atoms with E-state index in [0.717, 1.165) is 21.6 Å². The van der Waals surface area contributed by atoms with Crippen molar-refractivity contribution in [2.75, 3.05) is 11.5 Å². The van der Waals surface area contributed by atoms with Gasteiger partial charge in [-0.2, -0.15) is 3.71 Å². The lowest BCUT2D eigenvalue weighted by Crippen LogP contribution is -2.11. The van der Waals surface area contributed by atoms with Crippen molar-refractivity contribution in [3.63, 3.8) is 0 Å². The summed E-state index contributed by atoms with van der Waals surface area (Å²) in [6.45, 7) is 0. The average Bonchev–Trinajstić information content (AvgIpc) is 2.29. The SMILES string of the molecule is O=C(O)N(S)SCCCSc1ccccc1. The number of rotatable bonds is 6. The van der Waals surface area contributed by atoms with E-state index in [1.165, 1.54) is 16.8 Å². The van der Waals surface area contributed by atoms with E-state index >= 15 is 0 Å². The lowest BCUT2D eigenvalue weighted by molar-refractivity contribution is 0.191. The maximum Gasteiger partial charge on any atom is 0.427 e. The van der Waals surface area contributed by atoms with Crippen molar-refractivity contribution < 1.29 is 9.90 Å². The minimum Gasteiger partial charge on any atom is -0.464 e. The molecule has 0 saturated carbocycles. The zero-order chi connectivity index (χ0) is 11.8. The third kappa shape index (κ3) is 5.58. The van der Waals surface area contributed by atoms with E-state index in [-0.39, 0.29) is 0 Å². The van der Waals surface area contributed by atoms with Crippen LogP contribution < -0.4 is 0 Å². The normalized spacial score (nSPS) is 10.1. The van der Waals surface area contributed by atoms with Gasteiger partial charge in [0, 0.05) is 10.6 Å². The van der Waals surface area contributed by atoms with Crippen molar-refractivity contribution in [3.8, 4) is 0 Å². The summed E-state index contributed by atoms with van der Waals surface area (Å²) in [6.07, 6.45) is -0.0711. The Hall–Kier alpha value is -0.460. The fourth-order valence-electron chi connectivity index (χ4n) is 0.972. The molecule has 0 spiro atoms. The molecule has 0 heterocycles. The van der Waals surface area contributed by atoms with Gasteiger partial charge >= 0.3 is 6.09 Å². The molecule has 1 amide bonds. The Labute approximate surface area is 109 Å². The van der Waals surface area contributed by atoms with Crippen LogP contribution in [-0.4, -0.2) is 26.4 Å². The van der Waals surface area contributed by atoms with E-state index in [2.05, 4.69) is 24.9 Å². The van der Waals surface area contributed by atoms with Crippen molar-refractivity contribution in [2.45, 2.75) is 11.3 Å². The number of hydrogen-bond donors (Lipinski definition) is 2. The molecular formula is C10H13NO2S3. The Morgan fingerprint density at radius 2 is 2.00 bits per heavy atom. The standard InChI is InChI=1S/C10H13NO2S3/c12-10(13)11(14)16-8-4-7-15-9-5-2-1-3-6-9/h1-3,5-6,14H,4,7-8H2,(H,12,13). The fourth-order valence-corrected chi connectivity index (χ4v) is 2.83. The smallest absolute Gasteiger partial charge is 0.427 e. The number of hydrogen-bond acceptors (Lipinski definition) is 4. The van der Waals surface area contributed by atoms with E-state index < -0.39 is 6.09 Å². The van der Waals surface area contributed by atoms with Crippen LogP contribution in [0, 0.1) is 0 Å². The minimum atomic E-state index is -1.02. The van der Waals surface area contributed by atoms with E-state index in [9.17, 15) is 4.79 Å². The Morgan fingerprint density at radius 1 is 1.31 bits per heavy atom. The molecule has 0 fully saturated rings. The predicted octanol–water partition coefficient (Wildman–Crippen LogP) is 3.64. The zero-order valence-corrected chi connectivity index (χ0v) is 11.1. The summed E-state index contributed by atoms with van der Waals surface area (Å²) in [5, 5.41) is 8.54. The van der Waals surface area contributed by atoms with E-state index in [4.69, 9.17) is 5.11 Å². The third-order valence-corrected chi connectivity index (χ3v) is 4.17. The highest BCUT2D eigenvalue weighted by atomic mass is 32.2. The number of nitrogens with zero attached hydrogens (tertiary/aromatic N) is 1. The molecule has 1 aromatic rings. The second kappa shape index (κ2) is 7.76. The molecule has 0 atom stereocenters. The molecule has 0 unspecified atom stereocenters. The molecule has 6 heteroatoms. The number of thiol groups is 1. The molecular weight excluding hydrogens is 262 g/mol. The summed E-state index contributed by atoms with van der Waals surface area (Å²) in [5.74, 6) is 1.74. The Balaban J connectivity index is 2.07. The van der Waals surface area contributed by atoms with Crippen LogP contribution in [0.15, 0.2) is 35.2 Å². The van der Waals surface area contributed by atoms with Gasteiger partial charge in [-0.05, 0) is 49.1 Å². The molecule has 0 bridgehead atoms. The highest BCUT2D eigenvalue weighted by Gasteiger charge is 2.06. The molecule has 0 saturated heterocycles. The van der Waals surface area contributed by atoms with Crippen molar-refractivity contribution in [1.29, 1.82) is 0 Å². The molecule has 0 aromatic heterocycles. The topological polar surface area (TPSA) is 40.5 Å². The van der Waals surface area contributed by atoms with Crippen LogP contribution >= 0.6 is 36.5 Å². The van der Waals surface area contributed by atoms with Gasteiger partial charge in [-0.3, -0.25) is 0 Å². The maximum absolute atomic E-state index is 10.4. The van der Waals surface area contributed by atoms with Crippen LogP contribution in [0.25, 0.3) is 0 Å².